The molecule has 0 bridgehead atoms. The minimum atomic E-state index is -4.64. The van der Waals surface area contributed by atoms with Crippen molar-refractivity contribution in [1.82, 2.24) is 25.6 Å². The molecule has 5 rings (SSSR count). The minimum Gasteiger partial charge on any atom is -0.384 e. The molecule has 1 amide bonds. The Kier molecular flexibility index (Phi) is 6.67. The molecule has 206 valence electrons. The number of hydrogen-bond acceptors (Lipinski definition) is 8. The lowest BCUT2D eigenvalue weighted by Crippen LogP contribution is -2.38. The van der Waals surface area contributed by atoms with Crippen molar-refractivity contribution in [1.29, 1.82) is 0 Å². The van der Waals surface area contributed by atoms with Crippen LogP contribution >= 0.6 is 0 Å². The number of pyridine rings is 1. The van der Waals surface area contributed by atoms with Crippen LogP contribution in [-0.2, 0) is 17.6 Å². The number of rotatable bonds is 7. The number of carbonyl (C=O) groups excluding carboxylic acids is 1. The molecule has 13 heteroatoms. The second-order valence-electron chi connectivity index (χ2n) is 10.4. The van der Waals surface area contributed by atoms with Gasteiger partial charge in [0.15, 0.2) is 11.6 Å². The quantitative estimate of drug-likeness (QED) is 0.281. The van der Waals surface area contributed by atoms with Crippen LogP contribution in [0.4, 0.5) is 40.8 Å². The summed E-state index contributed by atoms with van der Waals surface area (Å²) in [4.78, 5) is 25.1. The van der Waals surface area contributed by atoms with Crippen LogP contribution in [-0.4, -0.2) is 45.2 Å². The number of hydrogen-bond donors (Lipinski definition) is 5. The van der Waals surface area contributed by atoms with E-state index in [2.05, 4.69) is 44.7 Å². The lowest BCUT2D eigenvalue weighted by atomic mass is 9.79. The third-order valence-corrected chi connectivity index (χ3v) is 6.74. The highest BCUT2D eigenvalue weighted by atomic mass is 19.4. The molecule has 0 unspecified atom stereocenters. The molecule has 0 saturated heterocycles. The lowest BCUT2D eigenvalue weighted by molar-refractivity contribution is -0.123. The van der Waals surface area contributed by atoms with Crippen molar-refractivity contribution >= 4 is 29.2 Å². The van der Waals surface area contributed by atoms with Crippen molar-refractivity contribution < 1.29 is 27.5 Å². The van der Waals surface area contributed by atoms with Gasteiger partial charge in [0, 0.05) is 30.4 Å². The van der Waals surface area contributed by atoms with Crippen LogP contribution in [0.1, 0.15) is 53.9 Å². The number of nitrogens with one attached hydrogen (secondary N) is 4. The number of benzene rings is 1. The molecule has 0 radical (unpaired) electrons. The predicted molar refractivity (Wildman–Crippen MR) is 135 cm³/mol. The number of aromatic nitrogens is 3. The molecule has 1 aromatic carbocycles. The van der Waals surface area contributed by atoms with Crippen molar-refractivity contribution in [2.45, 2.75) is 50.4 Å². The Morgan fingerprint density at radius 1 is 1.10 bits per heavy atom. The summed E-state index contributed by atoms with van der Waals surface area (Å²) in [6, 6.07) is 8.25. The molecule has 0 atom stereocenters. The summed E-state index contributed by atoms with van der Waals surface area (Å²) in [5, 5.41) is 21.2. The maximum Gasteiger partial charge on any atom is 0.405 e. The molecule has 2 aliphatic rings. The minimum absolute atomic E-state index is 0.0187. The van der Waals surface area contributed by atoms with Crippen molar-refractivity contribution in [3.05, 3.63) is 64.7 Å². The van der Waals surface area contributed by atoms with Gasteiger partial charge in [-0.25, -0.2) is 14.4 Å². The van der Waals surface area contributed by atoms with E-state index in [1.54, 1.807) is 5.32 Å². The Balaban J connectivity index is 1.46. The molecule has 1 aliphatic heterocycles. The van der Waals surface area contributed by atoms with Gasteiger partial charge < -0.3 is 26.4 Å². The molecular formula is C26H27F4N7O2. The smallest absolute Gasteiger partial charge is 0.384 e. The van der Waals surface area contributed by atoms with Crippen LogP contribution in [0.25, 0.3) is 0 Å². The van der Waals surface area contributed by atoms with E-state index in [0.29, 0.717) is 25.1 Å². The predicted octanol–water partition coefficient (Wildman–Crippen LogP) is 4.15. The zero-order valence-electron chi connectivity index (χ0n) is 21.2. The summed E-state index contributed by atoms with van der Waals surface area (Å²) in [7, 11) is 0. The zero-order chi connectivity index (χ0) is 28.0. The normalized spacial score (nSPS) is 17.2. The number of halogens is 4. The van der Waals surface area contributed by atoms with Gasteiger partial charge in [-0.2, -0.15) is 18.2 Å². The van der Waals surface area contributed by atoms with Crippen LogP contribution in [0.2, 0.25) is 0 Å². The SMILES string of the molecule is CC1(C)CNCc2cc(Nc3ncc(C(=O)NCC(F)(F)F)c(Nc4nc(C5(O)CC5)ccc4F)n3)ccc21. The molecule has 5 N–H and O–H groups in total. The largest absolute Gasteiger partial charge is 0.405 e. The molecule has 2 aromatic heterocycles. The van der Waals surface area contributed by atoms with Crippen LogP contribution in [0.3, 0.4) is 0 Å². The summed E-state index contributed by atoms with van der Waals surface area (Å²) >= 11 is 0. The van der Waals surface area contributed by atoms with Gasteiger partial charge in [-0.1, -0.05) is 19.9 Å². The van der Waals surface area contributed by atoms with Gasteiger partial charge in [0.1, 0.15) is 23.5 Å². The molecule has 3 heterocycles. The average molecular weight is 546 g/mol. The van der Waals surface area contributed by atoms with Gasteiger partial charge in [0.25, 0.3) is 5.91 Å². The second kappa shape index (κ2) is 9.72. The van der Waals surface area contributed by atoms with Crippen molar-refractivity contribution in [3.8, 4) is 0 Å². The Morgan fingerprint density at radius 3 is 2.59 bits per heavy atom. The van der Waals surface area contributed by atoms with E-state index < -0.39 is 30.0 Å². The summed E-state index contributed by atoms with van der Waals surface area (Å²) in [5.41, 5.74) is 1.60. The third kappa shape index (κ3) is 5.93. The van der Waals surface area contributed by atoms with Crippen molar-refractivity contribution in [3.63, 3.8) is 0 Å². The van der Waals surface area contributed by atoms with E-state index >= 15 is 0 Å². The maximum atomic E-state index is 14.7. The summed E-state index contributed by atoms with van der Waals surface area (Å²) in [6.45, 7) is 4.22. The summed E-state index contributed by atoms with van der Waals surface area (Å²) in [6.07, 6.45) is -2.66. The number of anilines is 4. The van der Waals surface area contributed by atoms with E-state index in [-0.39, 0.29) is 34.3 Å². The number of fused-ring (bicyclic) bond motifs is 1. The Hall–Kier alpha value is -3.84. The highest BCUT2D eigenvalue weighted by Gasteiger charge is 2.44. The molecule has 0 spiro atoms. The van der Waals surface area contributed by atoms with E-state index in [4.69, 9.17) is 0 Å². The Morgan fingerprint density at radius 2 is 1.87 bits per heavy atom. The van der Waals surface area contributed by atoms with Gasteiger partial charge >= 0.3 is 6.18 Å². The van der Waals surface area contributed by atoms with Crippen molar-refractivity contribution in [2.24, 2.45) is 0 Å². The zero-order valence-corrected chi connectivity index (χ0v) is 21.2. The van der Waals surface area contributed by atoms with Gasteiger partial charge in [0.05, 0.1) is 5.69 Å². The fourth-order valence-corrected chi connectivity index (χ4v) is 4.47. The molecule has 1 saturated carbocycles. The van der Waals surface area contributed by atoms with Crippen LogP contribution < -0.4 is 21.3 Å². The molecule has 9 nitrogen and oxygen atoms in total. The van der Waals surface area contributed by atoms with E-state index in [9.17, 15) is 27.5 Å². The van der Waals surface area contributed by atoms with E-state index in [1.807, 2.05) is 18.2 Å². The summed E-state index contributed by atoms with van der Waals surface area (Å²) < 4.78 is 52.8. The number of nitrogens with zero attached hydrogens (tertiary/aromatic N) is 3. The number of amides is 1. The first-order chi connectivity index (χ1) is 18.3. The third-order valence-electron chi connectivity index (χ3n) is 6.74. The number of alkyl halides is 3. The Labute approximate surface area is 221 Å². The highest BCUT2D eigenvalue weighted by molar-refractivity contribution is 5.99. The van der Waals surface area contributed by atoms with Crippen LogP contribution in [0.15, 0.2) is 36.5 Å². The van der Waals surface area contributed by atoms with Gasteiger partial charge in [-0.3, -0.25) is 4.79 Å². The first kappa shape index (κ1) is 26.8. The second-order valence-corrected chi connectivity index (χ2v) is 10.4. The highest BCUT2D eigenvalue weighted by Crippen LogP contribution is 2.44. The molecule has 3 aromatic rings. The van der Waals surface area contributed by atoms with Gasteiger partial charge in [0.2, 0.25) is 5.95 Å². The monoisotopic (exact) mass is 545 g/mol. The fraction of sp³-hybridized carbons (Fsp3) is 0.385. The molecule has 1 fully saturated rings. The molecule has 39 heavy (non-hydrogen) atoms. The average Bonchev–Trinajstić information content (AvgIpc) is 3.61. The number of carbonyl (C=O) groups is 1. The first-order valence-corrected chi connectivity index (χ1v) is 12.3. The molecular weight excluding hydrogens is 518 g/mol. The Bertz CT molecular complexity index is 1420. The van der Waals surface area contributed by atoms with Crippen LogP contribution in [0.5, 0.6) is 0 Å². The van der Waals surface area contributed by atoms with Crippen molar-refractivity contribution in [2.75, 3.05) is 23.7 Å². The number of aliphatic hydroxyl groups is 1. The van der Waals surface area contributed by atoms with Gasteiger partial charge in [-0.15, -0.1) is 0 Å². The maximum absolute atomic E-state index is 14.7. The van der Waals surface area contributed by atoms with E-state index in [1.165, 1.54) is 11.6 Å². The van der Waals surface area contributed by atoms with Gasteiger partial charge in [-0.05, 0) is 48.2 Å². The fourth-order valence-electron chi connectivity index (χ4n) is 4.47. The topological polar surface area (TPSA) is 124 Å². The van der Waals surface area contributed by atoms with Crippen LogP contribution in [0, 0.1) is 5.82 Å². The lowest BCUT2D eigenvalue weighted by Gasteiger charge is -2.33. The molecule has 1 aliphatic carbocycles. The standard InChI is InChI=1S/C26H27F4N7O2/c1-24(2)12-31-10-14-9-15(3-4-17(14)24)34-23-32-11-16(22(38)33-13-26(28,29)30)20(37-23)36-21-18(27)5-6-19(35-21)25(39)7-8-25/h3-6,9,11,31,39H,7-8,10,12-13H2,1-2H3,(H,33,38)(H2,32,34,35,36,37). The van der Waals surface area contributed by atoms with E-state index in [0.717, 1.165) is 24.4 Å². The summed E-state index contributed by atoms with van der Waals surface area (Å²) in [5.74, 6) is -2.50. The first-order valence-electron chi connectivity index (χ1n) is 12.3.